The lowest BCUT2D eigenvalue weighted by Gasteiger charge is -2.36. The first-order valence-electron chi connectivity index (χ1n) is 11.6. The monoisotopic (exact) mass is 484 g/mol. The molecule has 1 aromatic heterocycles. The third-order valence-corrected chi connectivity index (χ3v) is 6.24. The molecule has 4 rings (SSSR count). The van der Waals surface area contributed by atoms with Gasteiger partial charge < -0.3 is 19.4 Å². The minimum absolute atomic E-state index is 0.163. The fourth-order valence-electron chi connectivity index (χ4n) is 4.43. The first kappa shape index (κ1) is 24.5. The van der Waals surface area contributed by atoms with Crippen LogP contribution in [0.25, 0.3) is 0 Å². The molecule has 186 valence electrons. The molecule has 2 aliphatic heterocycles. The summed E-state index contributed by atoms with van der Waals surface area (Å²) in [6.07, 6.45) is 2.19. The van der Waals surface area contributed by atoms with Crippen LogP contribution in [-0.4, -0.2) is 79.0 Å². The van der Waals surface area contributed by atoms with Crippen LogP contribution in [0.2, 0.25) is 0 Å². The number of nitrogens with zero attached hydrogens (tertiary/aromatic N) is 3. The normalized spacial score (nSPS) is 19.4. The summed E-state index contributed by atoms with van der Waals surface area (Å²) in [7, 11) is 1.59. The summed E-state index contributed by atoms with van der Waals surface area (Å²) in [6.45, 7) is 4.43. The van der Waals surface area contributed by atoms with Crippen LogP contribution in [-0.2, 0) is 9.53 Å². The molecule has 1 atom stereocenters. The highest BCUT2D eigenvalue weighted by molar-refractivity contribution is 5.95. The fourth-order valence-corrected chi connectivity index (χ4v) is 4.43. The van der Waals surface area contributed by atoms with Crippen molar-refractivity contribution in [2.75, 3.05) is 46.4 Å². The van der Waals surface area contributed by atoms with Crippen LogP contribution < -0.4 is 5.32 Å². The van der Waals surface area contributed by atoms with Gasteiger partial charge in [-0.3, -0.25) is 14.6 Å². The number of halogens is 1. The van der Waals surface area contributed by atoms with Crippen molar-refractivity contribution in [3.63, 3.8) is 0 Å². The van der Waals surface area contributed by atoms with Gasteiger partial charge in [-0.15, -0.1) is 0 Å². The van der Waals surface area contributed by atoms with Crippen LogP contribution in [0, 0.1) is 5.82 Å². The van der Waals surface area contributed by atoms with Gasteiger partial charge in [0.2, 0.25) is 0 Å². The van der Waals surface area contributed by atoms with E-state index in [1.54, 1.807) is 37.1 Å². The Kier molecular flexibility index (Phi) is 7.50. The van der Waals surface area contributed by atoms with Crippen molar-refractivity contribution in [3.05, 3.63) is 71.1 Å². The van der Waals surface area contributed by atoms with Crippen LogP contribution >= 0.6 is 0 Å². The second-order valence-corrected chi connectivity index (χ2v) is 8.48. The highest BCUT2D eigenvalue weighted by atomic mass is 19.1. The van der Waals surface area contributed by atoms with Crippen molar-refractivity contribution in [2.45, 2.75) is 19.4 Å². The number of furan rings is 1. The highest BCUT2D eigenvalue weighted by Gasteiger charge is 2.37. The molecule has 0 aliphatic carbocycles. The molecule has 1 fully saturated rings. The maximum atomic E-state index is 14.0. The minimum Gasteiger partial charge on any atom is -0.463 e. The smallest absolute Gasteiger partial charge is 0.338 e. The molecular weight excluding hydrogens is 455 g/mol. The van der Waals surface area contributed by atoms with Crippen LogP contribution in [0.4, 0.5) is 9.18 Å². The number of nitrogens with one attached hydrogen (secondary N) is 1. The van der Waals surface area contributed by atoms with Gasteiger partial charge in [0.1, 0.15) is 5.82 Å². The fraction of sp³-hybridized carbons (Fsp3) is 0.400. The number of hydrogen-bond donors (Lipinski definition) is 1. The van der Waals surface area contributed by atoms with Gasteiger partial charge in [0.15, 0.2) is 5.76 Å². The maximum absolute atomic E-state index is 14.0. The Morgan fingerprint density at radius 1 is 1.17 bits per heavy atom. The summed E-state index contributed by atoms with van der Waals surface area (Å²) in [5.41, 5.74) is 1.22. The number of carbonyl (C=O) groups is 3. The number of amides is 3. The van der Waals surface area contributed by atoms with Gasteiger partial charge in [0, 0.05) is 45.5 Å². The summed E-state index contributed by atoms with van der Waals surface area (Å²) in [4.78, 5) is 43.9. The standard InChI is InChI=1S/C25H29FN4O5/c1-3-34-24(32)21-19(28(2)25(33)27-22(21)17-7-4-8-18(26)15-17)16-29-10-6-11-30(13-12-29)23(31)20-9-5-14-35-20/h4-5,7-9,14-15,22H,3,6,10-13,16H2,1-2H3,(H,27,33). The van der Waals surface area contributed by atoms with E-state index < -0.39 is 23.9 Å². The molecule has 0 spiro atoms. The zero-order valence-electron chi connectivity index (χ0n) is 19.8. The molecule has 3 heterocycles. The Hall–Kier alpha value is -3.66. The van der Waals surface area contributed by atoms with Crippen molar-refractivity contribution in [1.82, 2.24) is 20.0 Å². The van der Waals surface area contributed by atoms with Crippen LogP contribution in [0.5, 0.6) is 0 Å². The van der Waals surface area contributed by atoms with Gasteiger partial charge in [-0.05, 0) is 43.2 Å². The maximum Gasteiger partial charge on any atom is 0.338 e. The van der Waals surface area contributed by atoms with Gasteiger partial charge in [-0.2, -0.15) is 0 Å². The summed E-state index contributed by atoms with van der Waals surface area (Å²) in [5.74, 6) is -0.890. The number of urea groups is 1. The van der Waals surface area contributed by atoms with Gasteiger partial charge in [-0.25, -0.2) is 14.0 Å². The van der Waals surface area contributed by atoms with Gasteiger partial charge in [-0.1, -0.05) is 12.1 Å². The molecule has 10 heteroatoms. The lowest BCUT2D eigenvalue weighted by molar-refractivity contribution is -0.139. The van der Waals surface area contributed by atoms with Gasteiger partial charge in [0.05, 0.1) is 24.5 Å². The average Bonchev–Trinajstić information content (AvgIpc) is 3.28. The van der Waals surface area contributed by atoms with Crippen LogP contribution in [0.1, 0.15) is 35.5 Å². The van der Waals surface area contributed by atoms with Crippen molar-refractivity contribution in [2.24, 2.45) is 0 Å². The molecule has 3 amide bonds. The van der Waals surface area contributed by atoms with Gasteiger partial charge in [0.25, 0.3) is 5.91 Å². The molecule has 1 saturated heterocycles. The number of benzene rings is 1. The zero-order valence-corrected chi connectivity index (χ0v) is 19.8. The van der Waals surface area contributed by atoms with E-state index in [4.69, 9.17) is 9.15 Å². The third kappa shape index (κ3) is 5.37. The average molecular weight is 485 g/mol. The van der Waals surface area contributed by atoms with E-state index in [0.717, 1.165) is 6.42 Å². The summed E-state index contributed by atoms with van der Waals surface area (Å²) >= 11 is 0. The number of carbonyl (C=O) groups excluding carboxylic acids is 3. The minimum atomic E-state index is -0.840. The quantitative estimate of drug-likeness (QED) is 0.634. The van der Waals surface area contributed by atoms with Crippen molar-refractivity contribution in [1.29, 1.82) is 0 Å². The van der Waals surface area contributed by atoms with E-state index in [2.05, 4.69) is 10.2 Å². The molecule has 0 bridgehead atoms. The molecule has 0 saturated carbocycles. The predicted molar refractivity (Wildman–Crippen MR) is 125 cm³/mol. The SMILES string of the molecule is CCOC(=O)C1=C(CN2CCCN(C(=O)c3ccco3)CC2)N(C)C(=O)NC1c1cccc(F)c1. The number of rotatable bonds is 6. The Balaban J connectivity index is 1.61. The molecule has 9 nitrogen and oxygen atoms in total. The Labute approximate surface area is 203 Å². The number of ether oxygens (including phenoxy) is 1. The van der Waals surface area contributed by atoms with E-state index in [-0.39, 0.29) is 18.1 Å². The molecule has 2 aliphatic rings. The molecule has 0 radical (unpaired) electrons. The Bertz CT molecular complexity index is 1120. The zero-order chi connectivity index (χ0) is 24.9. The Morgan fingerprint density at radius 2 is 2.00 bits per heavy atom. The van der Waals surface area contributed by atoms with Crippen molar-refractivity contribution in [3.8, 4) is 0 Å². The molecule has 1 N–H and O–H groups in total. The molecular formula is C25H29FN4O5. The van der Waals surface area contributed by atoms with E-state index in [0.29, 0.717) is 49.7 Å². The van der Waals surface area contributed by atoms with Crippen LogP contribution in [0.3, 0.4) is 0 Å². The van der Waals surface area contributed by atoms with E-state index in [9.17, 15) is 18.8 Å². The number of hydrogen-bond acceptors (Lipinski definition) is 6. The number of likely N-dealkylation sites (N-methyl/N-ethyl adjacent to an activating group) is 1. The molecule has 2 aromatic rings. The lowest BCUT2D eigenvalue weighted by atomic mass is 9.94. The predicted octanol–water partition coefficient (Wildman–Crippen LogP) is 2.78. The van der Waals surface area contributed by atoms with Crippen molar-refractivity contribution < 1.29 is 27.9 Å². The lowest BCUT2D eigenvalue weighted by Crippen LogP contribution is -2.49. The third-order valence-electron chi connectivity index (χ3n) is 6.24. The topological polar surface area (TPSA) is 95.3 Å². The van der Waals surface area contributed by atoms with E-state index in [1.165, 1.54) is 29.4 Å². The van der Waals surface area contributed by atoms with Crippen LogP contribution in [0.15, 0.2) is 58.3 Å². The largest absolute Gasteiger partial charge is 0.463 e. The molecule has 1 aromatic carbocycles. The summed E-state index contributed by atoms with van der Waals surface area (Å²) in [6, 6.07) is 7.90. The number of esters is 1. The second kappa shape index (κ2) is 10.7. The Morgan fingerprint density at radius 3 is 2.71 bits per heavy atom. The first-order chi connectivity index (χ1) is 16.9. The molecule has 1 unspecified atom stereocenters. The second-order valence-electron chi connectivity index (χ2n) is 8.48. The molecule has 35 heavy (non-hydrogen) atoms. The summed E-state index contributed by atoms with van der Waals surface area (Å²) < 4.78 is 24.6. The highest BCUT2D eigenvalue weighted by Crippen LogP contribution is 2.32. The van der Waals surface area contributed by atoms with E-state index >= 15 is 0 Å². The van der Waals surface area contributed by atoms with E-state index in [1.807, 2.05) is 0 Å². The van der Waals surface area contributed by atoms with Gasteiger partial charge >= 0.3 is 12.0 Å². The van der Waals surface area contributed by atoms with Crippen molar-refractivity contribution >= 4 is 17.9 Å². The first-order valence-corrected chi connectivity index (χ1v) is 11.6. The summed E-state index contributed by atoms with van der Waals surface area (Å²) in [5, 5.41) is 2.80.